The normalized spacial score (nSPS) is 15.5. The second-order valence-corrected chi connectivity index (χ2v) is 22.9. The molecule has 0 aliphatic carbocycles. The second-order valence-electron chi connectivity index (χ2n) is 22.6. The number of benzene rings is 2. The highest BCUT2D eigenvalue weighted by Gasteiger charge is 2.36. The van der Waals surface area contributed by atoms with Crippen molar-refractivity contribution in [3.8, 4) is 11.5 Å². The van der Waals surface area contributed by atoms with Gasteiger partial charge in [0.05, 0.1) is 51.9 Å². The number of fused-ring (bicyclic) bond motifs is 2. The molecule has 24 heteroatoms. The van der Waals surface area contributed by atoms with Crippen molar-refractivity contribution < 1.29 is 76.7 Å². The number of rotatable bonds is 28. The van der Waals surface area contributed by atoms with E-state index in [-0.39, 0.29) is 75.8 Å². The van der Waals surface area contributed by atoms with E-state index in [1.165, 1.54) is 7.11 Å². The zero-order valence-corrected chi connectivity index (χ0v) is 52.7. The van der Waals surface area contributed by atoms with E-state index in [1.807, 2.05) is 58.0 Å². The van der Waals surface area contributed by atoms with Crippen molar-refractivity contribution in [2.24, 2.45) is 35.5 Å². The summed E-state index contributed by atoms with van der Waals surface area (Å²) in [6.07, 6.45) is 0.990. The van der Waals surface area contributed by atoms with Crippen LogP contribution in [0, 0.1) is 35.5 Å². The number of ether oxygens (including phenoxy) is 5. The molecule has 4 heterocycles. The van der Waals surface area contributed by atoms with Crippen molar-refractivity contribution >= 4 is 91.8 Å². The first-order valence-electron chi connectivity index (χ1n) is 29.1. The van der Waals surface area contributed by atoms with Crippen molar-refractivity contribution in [3.05, 3.63) is 59.9 Å². The predicted molar refractivity (Wildman–Crippen MR) is 339 cm³/mol. The maximum atomic E-state index is 13.4. The highest BCUT2D eigenvalue weighted by Crippen LogP contribution is 2.30. The number of hydrogen-bond acceptors (Lipinski definition) is 17. The van der Waals surface area contributed by atoms with E-state index < -0.39 is 83.9 Å². The van der Waals surface area contributed by atoms with E-state index in [9.17, 15) is 53.1 Å². The Morgan fingerprint density at radius 3 is 1.33 bits per heavy atom. The van der Waals surface area contributed by atoms with Gasteiger partial charge in [0.25, 0.3) is 0 Å². The third-order valence-electron chi connectivity index (χ3n) is 14.7. The zero-order valence-electron chi connectivity index (χ0n) is 52.0. The fourth-order valence-corrected chi connectivity index (χ4v) is 10.4. The van der Waals surface area contributed by atoms with Crippen LogP contribution in [0.4, 0.5) is 9.59 Å². The van der Waals surface area contributed by atoms with Crippen LogP contribution in [0.3, 0.4) is 0 Å². The molecule has 0 bridgehead atoms. The minimum Gasteiger partial charge on any atom is -0.496 e. The van der Waals surface area contributed by atoms with E-state index in [0.29, 0.717) is 73.7 Å². The number of aromatic nitrogens is 2. The van der Waals surface area contributed by atoms with Crippen LogP contribution in [0.15, 0.2) is 48.5 Å². The first-order chi connectivity index (χ1) is 40.7. The highest BCUT2D eigenvalue weighted by molar-refractivity contribution is 6.61. The average molecular weight is 1260 g/mol. The van der Waals surface area contributed by atoms with Crippen LogP contribution in [0.5, 0.6) is 11.5 Å². The molecule has 492 valence electrons. The van der Waals surface area contributed by atoms with E-state index >= 15 is 0 Å². The zero-order chi connectivity index (χ0) is 64.4. The van der Waals surface area contributed by atoms with Gasteiger partial charge in [-0.05, 0) is 121 Å². The summed E-state index contributed by atoms with van der Waals surface area (Å²) in [7, 11) is 5.45. The van der Waals surface area contributed by atoms with Gasteiger partial charge in [-0.3, -0.25) is 43.3 Å². The van der Waals surface area contributed by atoms with Gasteiger partial charge in [0.15, 0.2) is 29.7 Å². The lowest BCUT2D eigenvalue weighted by molar-refractivity contribution is -0.133. The molecular formula is C64H98ClN7O16. The first kappa shape index (κ1) is 78.6. The summed E-state index contributed by atoms with van der Waals surface area (Å²) in [5.41, 5.74) is 1.46. The van der Waals surface area contributed by atoms with Crippen LogP contribution < -0.4 is 30.7 Å². The number of nitrogens with zero attached hydrogens (tertiary/aromatic N) is 1. The number of Topliss-reactive ketones (excluding diaryl/α,β-unsaturated/α-hetero) is 4. The van der Waals surface area contributed by atoms with Gasteiger partial charge in [-0.2, -0.15) is 0 Å². The molecule has 2 fully saturated rings. The smallest absolute Gasteiger partial charge is 0.496 e. The number of halogens is 1. The van der Waals surface area contributed by atoms with Gasteiger partial charge in [0.1, 0.15) is 18.1 Å². The van der Waals surface area contributed by atoms with Crippen LogP contribution in [0.25, 0.3) is 21.8 Å². The van der Waals surface area contributed by atoms with Gasteiger partial charge in [0.2, 0.25) is 23.6 Å². The molecule has 0 spiro atoms. The van der Waals surface area contributed by atoms with Crippen molar-refractivity contribution in [3.63, 3.8) is 0 Å². The topological polar surface area (TPSA) is 320 Å². The predicted octanol–water partition coefficient (Wildman–Crippen LogP) is 9.15. The minimum atomic E-state index is -1.07. The number of carbonyl (C=O) groups is 10. The lowest BCUT2D eigenvalue weighted by Crippen LogP contribution is -2.47. The van der Waals surface area contributed by atoms with E-state index in [0.717, 1.165) is 35.5 Å². The van der Waals surface area contributed by atoms with Gasteiger partial charge in [-0.15, -0.1) is 0 Å². The molecule has 2 aromatic carbocycles. The first-order valence-corrected chi connectivity index (χ1v) is 29.5. The van der Waals surface area contributed by atoms with Gasteiger partial charge >= 0.3 is 11.6 Å². The number of methoxy groups -OCH3 is 4. The molecule has 2 aromatic heterocycles. The molecular weight excluding hydrogens is 1160 g/mol. The van der Waals surface area contributed by atoms with Crippen LogP contribution in [0.2, 0.25) is 0 Å². The number of aromatic amines is 2. The number of H-pyrrole nitrogens is 2. The standard InChI is InChI=1S/C27H35N3O8.C25H33N3O6.C8H19N.C2H3ClO2.2CH4/c1-15(2)10-17(12-22(31)21-13-18-19(29-21)6-5-7-24(18)36-3)26(34)30-20(11-16-8-9-28-25(16)33)23(32)14-38-27(35)37-4;1-14(2)9-16(11-21(30)20-12-17-18(27-20)5-4-6-23(17)34-3)25(33)28-19(22(31)13-29)10-15-7-8-26-24(15)32;1-6-9(7(2)3)8(4)5;1-5-2(3)4;;/h5-7,13,15-17,20,29H,8-12,14H2,1-4H3,(H,28,33)(H,30,34);4-6,12,14-16,19,27,29H,7-11,13H2,1-3H3,(H,26,32)(H,28,33);7-8H,6H2,1-5H3;1H3;2*1H4/t16-,17+,20-;15-,16+,19-;;;;/m00..../s1. The van der Waals surface area contributed by atoms with Crippen molar-refractivity contribution in [2.75, 3.05) is 61.3 Å². The number of ketones is 4. The third kappa shape index (κ3) is 25.0. The number of carbonyl (C=O) groups excluding carboxylic acids is 10. The Balaban J connectivity index is 0.000000711. The van der Waals surface area contributed by atoms with Gasteiger partial charge < -0.3 is 60.0 Å². The monoisotopic (exact) mass is 1260 g/mol. The Morgan fingerprint density at radius 2 is 1.03 bits per heavy atom. The van der Waals surface area contributed by atoms with Gasteiger partial charge in [-0.1, -0.05) is 61.6 Å². The fourth-order valence-electron chi connectivity index (χ4n) is 10.4. The maximum absolute atomic E-state index is 13.4. The fraction of sp³-hybridized carbons (Fsp3) is 0.594. The largest absolute Gasteiger partial charge is 0.508 e. The molecule has 2 saturated heterocycles. The number of aliphatic hydroxyl groups is 1. The molecule has 7 N–H and O–H groups in total. The maximum Gasteiger partial charge on any atom is 0.508 e. The van der Waals surface area contributed by atoms with Crippen LogP contribution >= 0.6 is 11.6 Å². The number of amides is 4. The molecule has 0 radical (unpaired) electrons. The second kappa shape index (κ2) is 39.5. The Morgan fingerprint density at radius 1 is 0.636 bits per heavy atom. The summed E-state index contributed by atoms with van der Waals surface area (Å²) >= 11 is 4.60. The Hall–Kier alpha value is -7.37. The molecule has 88 heavy (non-hydrogen) atoms. The van der Waals surface area contributed by atoms with Crippen molar-refractivity contribution in [2.45, 2.75) is 153 Å². The molecule has 2 aliphatic rings. The molecule has 2 aliphatic heterocycles. The van der Waals surface area contributed by atoms with Crippen LogP contribution in [-0.2, 0) is 43.0 Å². The SMILES string of the molecule is C.C.CCN(C(C)C)C(C)C.COC(=O)Cl.COC(=O)OCC(=O)[C@H](C[C@@H]1CCNC1=O)NC(=O)[C@@H](CC(=O)c1cc2c(OC)cccc2[nH]1)CC(C)C.COc1cccc2[nH]c(C(=O)C[C@@H](CC(C)C)C(=O)N[C@@H](C[C@@H]3CCNC3=O)C(=O)CO)cc12. The third-order valence-corrected chi connectivity index (χ3v) is 14.8. The summed E-state index contributed by atoms with van der Waals surface area (Å²) < 4.78 is 23.8. The van der Waals surface area contributed by atoms with Crippen LogP contribution in [0.1, 0.15) is 150 Å². The summed E-state index contributed by atoms with van der Waals surface area (Å²) in [6, 6.07) is 13.7. The molecule has 0 unspecified atom stereocenters. The van der Waals surface area contributed by atoms with Crippen LogP contribution in [-0.4, -0.2) is 164 Å². The Labute approximate surface area is 523 Å². The summed E-state index contributed by atoms with van der Waals surface area (Å²) in [4.78, 5) is 132. The lowest BCUT2D eigenvalue weighted by atomic mass is 9.89. The minimum absolute atomic E-state index is 0. The van der Waals surface area contributed by atoms with Crippen molar-refractivity contribution in [1.29, 1.82) is 0 Å². The molecule has 4 aromatic rings. The number of aliphatic hydroxyl groups excluding tert-OH is 1. The molecule has 6 atom stereocenters. The van der Waals surface area contributed by atoms with Crippen molar-refractivity contribution in [1.82, 2.24) is 36.1 Å². The summed E-state index contributed by atoms with van der Waals surface area (Å²) in [6.45, 7) is 19.8. The quantitative estimate of drug-likeness (QED) is 0.0158. The number of hydrogen-bond donors (Lipinski definition) is 7. The number of nitrogens with one attached hydrogen (secondary N) is 6. The van der Waals surface area contributed by atoms with Gasteiger partial charge in [-0.25, -0.2) is 9.59 Å². The van der Waals surface area contributed by atoms with E-state index in [2.05, 4.69) is 91.8 Å². The Bertz CT molecular complexity index is 2910. The average Bonchev–Trinajstić information content (AvgIpc) is 4.41. The highest BCUT2D eigenvalue weighted by atomic mass is 35.5. The van der Waals surface area contributed by atoms with E-state index in [1.54, 1.807) is 32.4 Å². The molecule has 4 amide bonds. The van der Waals surface area contributed by atoms with Gasteiger partial charge in [0, 0.05) is 95.1 Å². The molecule has 23 nitrogen and oxygen atoms in total. The lowest BCUT2D eigenvalue weighted by Gasteiger charge is -2.28. The molecule has 6 rings (SSSR count). The van der Waals surface area contributed by atoms with E-state index in [4.69, 9.17) is 14.2 Å². The Kier molecular flexibility index (Phi) is 35.3. The molecule has 0 saturated carbocycles. The summed E-state index contributed by atoms with van der Waals surface area (Å²) in [5.74, 6) is -3.59. The summed E-state index contributed by atoms with van der Waals surface area (Å²) in [5, 5.41) is 21.8.